The van der Waals surface area contributed by atoms with Crippen LogP contribution in [0.2, 0.25) is 4.34 Å². The number of thiophene rings is 1. The predicted molar refractivity (Wildman–Crippen MR) is 75.5 cm³/mol. The summed E-state index contributed by atoms with van der Waals surface area (Å²) in [5, 5.41) is 5.37. The SMILES string of the molecule is CCOC(=O)CCNC(=O)N[C@@H](C)c1ccc(Cl)s1. The van der Waals surface area contributed by atoms with Gasteiger partial charge < -0.3 is 15.4 Å². The van der Waals surface area contributed by atoms with E-state index >= 15 is 0 Å². The summed E-state index contributed by atoms with van der Waals surface area (Å²) in [6.07, 6.45) is 0.167. The Morgan fingerprint density at radius 1 is 1.47 bits per heavy atom. The van der Waals surface area contributed by atoms with Gasteiger partial charge in [-0.3, -0.25) is 4.79 Å². The number of nitrogens with one attached hydrogen (secondary N) is 2. The van der Waals surface area contributed by atoms with Crippen molar-refractivity contribution in [2.24, 2.45) is 0 Å². The minimum atomic E-state index is -0.319. The highest BCUT2D eigenvalue weighted by Crippen LogP contribution is 2.26. The van der Waals surface area contributed by atoms with Crippen LogP contribution in [0.4, 0.5) is 4.79 Å². The molecular formula is C12H17ClN2O3S. The molecule has 7 heteroatoms. The lowest BCUT2D eigenvalue weighted by atomic mass is 10.3. The second kappa shape index (κ2) is 8.01. The molecule has 106 valence electrons. The average molecular weight is 305 g/mol. The minimum absolute atomic E-state index is 0.125. The van der Waals surface area contributed by atoms with Gasteiger partial charge in [-0.05, 0) is 26.0 Å². The number of carbonyl (C=O) groups is 2. The number of carbonyl (C=O) groups excluding carboxylic acids is 2. The van der Waals surface area contributed by atoms with Crippen LogP contribution in [0.5, 0.6) is 0 Å². The Balaban J connectivity index is 2.25. The first-order chi connectivity index (χ1) is 9.02. The van der Waals surface area contributed by atoms with Crippen molar-refractivity contribution in [1.82, 2.24) is 10.6 Å². The zero-order valence-corrected chi connectivity index (χ0v) is 12.4. The van der Waals surface area contributed by atoms with E-state index in [1.54, 1.807) is 13.0 Å². The summed E-state index contributed by atoms with van der Waals surface area (Å²) in [7, 11) is 0. The van der Waals surface area contributed by atoms with Crippen molar-refractivity contribution in [3.05, 3.63) is 21.3 Å². The molecule has 0 unspecified atom stereocenters. The maximum absolute atomic E-state index is 11.6. The van der Waals surface area contributed by atoms with Crippen molar-refractivity contribution >= 4 is 34.9 Å². The maximum atomic E-state index is 11.6. The number of urea groups is 1. The van der Waals surface area contributed by atoms with Crippen LogP contribution in [-0.4, -0.2) is 25.2 Å². The van der Waals surface area contributed by atoms with E-state index in [0.29, 0.717) is 10.9 Å². The second-order valence-corrected chi connectivity index (χ2v) is 5.57. The van der Waals surface area contributed by atoms with Gasteiger partial charge >= 0.3 is 12.0 Å². The fourth-order valence-corrected chi connectivity index (χ4v) is 2.45. The van der Waals surface area contributed by atoms with Crippen molar-refractivity contribution in [3.63, 3.8) is 0 Å². The number of hydrogen-bond donors (Lipinski definition) is 2. The Bertz CT molecular complexity index is 436. The van der Waals surface area contributed by atoms with Crippen LogP contribution < -0.4 is 10.6 Å². The molecule has 1 rings (SSSR count). The third-order valence-corrected chi connectivity index (χ3v) is 3.70. The van der Waals surface area contributed by atoms with Crippen molar-refractivity contribution < 1.29 is 14.3 Å². The predicted octanol–water partition coefficient (Wildman–Crippen LogP) is 2.71. The summed E-state index contributed by atoms with van der Waals surface area (Å²) in [4.78, 5) is 23.6. The summed E-state index contributed by atoms with van der Waals surface area (Å²) in [5.41, 5.74) is 0. The van der Waals surface area contributed by atoms with E-state index in [0.717, 1.165) is 4.88 Å². The molecule has 2 amide bonds. The quantitative estimate of drug-likeness (QED) is 0.794. The molecule has 1 heterocycles. The lowest BCUT2D eigenvalue weighted by Gasteiger charge is -2.12. The average Bonchev–Trinajstić information content (AvgIpc) is 2.76. The largest absolute Gasteiger partial charge is 0.466 e. The van der Waals surface area contributed by atoms with E-state index in [-0.39, 0.29) is 31.0 Å². The number of amides is 2. The van der Waals surface area contributed by atoms with Crippen LogP contribution in [-0.2, 0) is 9.53 Å². The van der Waals surface area contributed by atoms with Gasteiger partial charge in [-0.25, -0.2) is 4.79 Å². The Morgan fingerprint density at radius 3 is 2.79 bits per heavy atom. The molecular weight excluding hydrogens is 288 g/mol. The summed E-state index contributed by atoms with van der Waals surface area (Å²) in [6, 6.07) is 3.22. The van der Waals surface area contributed by atoms with Gasteiger partial charge in [-0.15, -0.1) is 11.3 Å². The molecule has 0 aromatic carbocycles. The van der Waals surface area contributed by atoms with Crippen LogP contribution in [0.25, 0.3) is 0 Å². The first kappa shape index (κ1) is 15.8. The summed E-state index contributed by atoms with van der Waals surface area (Å²) in [5.74, 6) is -0.319. The normalized spacial score (nSPS) is 11.7. The van der Waals surface area contributed by atoms with Crippen molar-refractivity contribution in [2.75, 3.05) is 13.2 Å². The van der Waals surface area contributed by atoms with E-state index in [9.17, 15) is 9.59 Å². The van der Waals surface area contributed by atoms with Gasteiger partial charge in [0, 0.05) is 11.4 Å². The molecule has 0 aliphatic rings. The summed E-state index contributed by atoms with van der Waals surface area (Å²) < 4.78 is 5.44. The molecule has 0 saturated heterocycles. The molecule has 0 bridgehead atoms. The maximum Gasteiger partial charge on any atom is 0.315 e. The van der Waals surface area contributed by atoms with Gasteiger partial charge in [-0.2, -0.15) is 0 Å². The van der Waals surface area contributed by atoms with Gasteiger partial charge in [0.15, 0.2) is 0 Å². The highest BCUT2D eigenvalue weighted by molar-refractivity contribution is 7.16. The molecule has 0 saturated carbocycles. The van der Waals surface area contributed by atoms with E-state index in [1.807, 2.05) is 13.0 Å². The molecule has 1 aromatic heterocycles. The fourth-order valence-electron chi connectivity index (χ4n) is 1.39. The molecule has 19 heavy (non-hydrogen) atoms. The molecule has 2 N–H and O–H groups in total. The van der Waals surface area contributed by atoms with Gasteiger partial charge in [0.05, 0.1) is 23.4 Å². The van der Waals surface area contributed by atoms with Gasteiger partial charge in [0.25, 0.3) is 0 Å². The van der Waals surface area contributed by atoms with Gasteiger partial charge in [0.1, 0.15) is 0 Å². The highest BCUT2D eigenvalue weighted by Gasteiger charge is 2.11. The molecule has 0 spiro atoms. The topological polar surface area (TPSA) is 67.4 Å². The summed E-state index contributed by atoms with van der Waals surface area (Å²) in [6.45, 7) is 4.21. The smallest absolute Gasteiger partial charge is 0.315 e. The van der Waals surface area contributed by atoms with Crippen LogP contribution in [0.1, 0.15) is 31.2 Å². The number of esters is 1. The molecule has 0 aliphatic heterocycles. The standard InChI is InChI=1S/C12H17ClN2O3S/c1-3-18-11(16)6-7-14-12(17)15-8(2)9-4-5-10(13)19-9/h4-5,8H,3,6-7H2,1-2H3,(H2,14,15,17)/t8-/m0/s1. The Kier molecular flexibility index (Phi) is 6.66. The molecule has 1 aromatic rings. The Labute approximate surface area is 121 Å². The second-order valence-electron chi connectivity index (χ2n) is 3.82. The number of hydrogen-bond acceptors (Lipinski definition) is 4. The zero-order valence-electron chi connectivity index (χ0n) is 10.9. The van der Waals surface area contributed by atoms with E-state index in [1.165, 1.54) is 11.3 Å². The van der Waals surface area contributed by atoms with Gasteiger partial charge in [-0.1, -0.05) is 11.6 Å². The minimum Gasteiger partial charge on any atom is -0.466 e. The number of rotatable bonds is 6. The number of ether oxygens (including phenoxy) is 1. The third-order valence-electron chi connectivity index (χ3n) is 2.29. The molecule has 0 radical (unpaired) electrons. The Hall–Kier alpha value is -1.27. The molecule has 5 nitrogen and oxygen atoms in total. The lowest BCUT2D eigenvalue weighted by molar-refractivity contribution is -0.142. The van der Waals surface area contributed by atoms with Gasteiger partial charge in [0.2, 0.25) is 0 Å². The van der Waals surface area contributed by atoms with E-state index in [4.69, 9.17) is 16.3 Å². The van der Waals surface area contributed by atoms with E-state index in [2.05, 4.69) is 10.6 Å². The first-order valence-corrected chi connectivity index (χ1v) is 7.17. The van der Waals surface area contributed by atoms with Crippen LogP contribution in [0.3, 0.4) is 0 Å². The zero-order chi connectivity index (χ0) is 14.3. The lowest BCUT2D eigenvalue weighted by Crippen LogP contribution is -2.37. The van der Waals surface area contributed by atoms with Crippen molar-refractivity contribution in [2.45, 2.75) is 26.3 Å². The van der Waals surface area contributed by atoms with Crippen LogP contribution in [0, 0.1) is 0 Å². The van der Waals surface area contributed by atoms with Crippen molar-refractivity contribution in [3.8, 4) is 0 Å². The van der Waals surface area contributed by atoms with E-state index < -0.39 is 0 Å². The Morgan fingerprint density at radius 2 is 2.21 bits per heavy atom. The third kappa shape index (κ3) is 5.94. The van der Waals surface area contributed by atoms with Crippen LogP contribution in [0.15, 0.2) is 12.1 Å². The molecule has 1 atom stereocenters. The summed E-state index contributed by atoms with van der Waals surface area (Å²) >= 11 is 7.25. The highest BCUT2D eigenvalue weighted by atomic mass is 35.5. The first-order valence-electron chi connectivity index (χ1n) is 5.98. The monoisotopic (exact) mass is 304 g/mol. The van der Waals surface area contributed by atoms with Crippen LogP contribution >= 0.6 is 22.9 Å². The molecule has 0 fully saturated rings. The molecule has 0 aliphatic carbocycles. The fraction of sp³-hybridized carbons (Fsp3) is 0.500. The van der Waals surface area contributed by atoms with Crippen molar-refractivity contribution in [1.29, 1.82) is 0 Å². The number of halogens is 1.